The summed E-state index contributed by atoms with van der Waals surface area (Å²) in [7, 11) is 0. The van der Waals surface area contributed by atoms with Crippen molar-refractivity contribution in [3.63, 3.8) is 0 Å². The Balaban J connectivity index is 2.05. The van der Waals surface area contributed by atoms with E-state index in [4.69, 9.17) is 11.5 Å². The third-order valence-corrected chi connectivity index (χ3v) is 3.65. The van der Waals surface area contributed by atoms with Crippen molar-refractivity contribution in [1.82, 2.24) is 9.97 Å². The maximum absolute atomic E-state index is 12.0. The molecule has 1 aliphatic rings. The highest BCUT2D eigenvalue weighted by atomic mass is 16.1. The van der Waals surface area contributed by atoms with Crippen LogP contribution in [0.2, 0.25) is 0 Å². The molecular formula is C16H19N5O. The summed E-state index contributed by atoms with van der Waals surface area (Å²) in [5.41, 5.74) is 14.9. The summed E-state index contributed by atoms with van der Waals surface area (Å²) in [4.78, 5) is 19.6. The lowest BCUT2D eigenvalue weighted by atomic mass is 10.1. The van der Waals surface area contributed by atoms with Gasteiger partial charge in [-0.3, -0.25) is 4.79 Å². The number of fused-ring (bicyclic) bond motifs is 4. The molecule has 0 spiro atoms. The zero-order valence-electron chi connectivity index (χ0n) is 12.2. The molecule has 2 heterocycles. The normalized spacial score (nSPS) is 20.0. The molecule has 0 aliphatic carbocycles. The number of nitrogens with one attached hydrogen (secondary N) is 2. The number of H-pyrrole nitrogens is 1. The van der Waals surface area contributed by atoms with Crippen molar-refractivity contribution >= 4 is 17.3 Å². The maximum Gasteiger partial charge on any atom is 0.224 e. The number of allylic oxidation sites excluding steroid dienone is 1. The van der Waals surface area contributed by atoms with Gasteiger partial charge >= 0.3 is 0 Å². The fraction of sp³-hybridized carbons (Fsp3) is 0.250. The molecule has 1 aromatic heterocycles. The molecule has 114 valence electrons. The monoisotopic (exact) mass is 297 g/mol. The van der Waals surface area contributed by atoms with E-state index in [-0.39, 0.29) is 11.9 Å². The maximum atomic E-state index is 12.0. The fourth-order valence-corrected chi connectivity index (χ4v) is 2.46. The summed E-state index contributed by atoms with van der Waals surface area (Å²) < 4.78 is 0. The van der Waals surface area contributed by atoms with E-state index in [1.54, 1.807) is 18.3 Å². The van der Waals surface area contributed by atoms with Crippen LogP contribution in [-0.4, -0.2) is 15.9 Å². The van der Waals surface area contributed by atoms with Gasteiger partial charge in [-0.05, 0) is 31.0 Å². The number of rotatable bonds is 0. The lowest BCUT2D eigenvalue weighted by Gasteiger charge is -2.11. The van der Waals surface area contributed by atoms with E-state index in [0.717, 1.165) is 17.1 Å². The van der Waals surface area contributed by atoms with Crippen molar-refractivity contribution in [3.05, 3.63) is 42.4 Å². The van der Waals surface area contributed by atoms with Crippen LogP contribution in [0, 0.1) is 0 Å². The second-order valence-corrected chi connectivity index (χ2v) is 5.39. The van der Waals surface area contributed by atoms with Crippen LogP contribution in [0.3, 0.4) is 0 Å². The number of amides is 1. The van der Waals surface area contributed by atoms with Gasteiger partial charge in [-0.2, -0.15) is 0 Å². The number of benzene rings is 1. The largest absolute Gasteiger partial charge is 0.399 e. The van der Waals surface area contributed by atoms with Crippen molar-refractivity contribution in [2.45, 2.75) is 25.3 Å². The SMILES string of the molecule is Nc1ccc2c(c1)NC(=O)CC/C=C\C[C@H](N)c1ncc-2[nH]1. The number of carbonyl (C=O) groups excluding carboxylic acids is 1. The van der Waals surface area contributed by atoms with Crippen LogP contribution in [0.25, 0.3) is 11.3 Å². The van der Waals surface area contributed by atoms with E-state index < -0.39 is 0 Å². The van der Waals surface area contributed by atoms with Crippen LogP contribution in [0.5, 0.6) is 0 Å². The Kier molecular flexibility index (Phi) is 3.93. The number of hydrogen-bond donors (Lipinski definition) is 4. The Morgan fingerprint density at radius 3 is 3.00 bits per heavy atom. The molecule has 0 saturated carbocycles. The van der Waals surface area contributed by atoms with E-state index in [0.29, 0.717) is 30.6 Å². The molecule has 3 rings (SSSR count). The Morgan fingerprint density at radius 1 is 1.27 bits per heavy atom. The highest BCUT2D eigenvalue weighted by molar-refractivity contribution is 5.95. The molecule has 0 unspecified atom stereocenters. The van der Waals surface area contributed by atoms with Gasteiger partial charge in [0.05, 0.1) is 23.6 Å². The van der Waals surface area contributed by atoms with E-state index in [2.05, 4.69) is 15.3 Å². The first-order valence-corrected chi connectivity index (χ1v) is 7.28. The predicted molar refractivity (Wildman–Crippen MR) is 87.0 cm³/mol. The van der Waals surface area contributed by atoms with Crippen molar-refractivity contribution < 1.29 is 4.79 Å². The number of carbonyl (C=O) groups is 1. The molecule has 2 bridgehead atoms. The Hall–Kier alpha value is -2.60. The lowest BCUT2D eigenvalue weighted by Crippen LogP contribution is -2.12. The average molecular weight is 297 g/mol. The zero-order valence-corrected chi connectivity index (χ0v) is 12.2. The molecule has 1 aromatic carbocycles. The summed E-state index contributed by atoms with van der Waals surface area (Å²) in [5, 5.41) is 2.92. The number of aromatic nitrogens is 2. The Morgan fingerprint density at radius 2 is 2.14 bits per heavy atom. The van der Waals surface area contributed by atoms with Crippen molar-refractivity contribution in [3.8, 4) is 11.3 Å². The molecule has 0 radical (unpaired) electrons. The molecule has 1 atom stereocenters. The molecule has 6 heteroatoms. The van der Waals surface area contributed by atoms with E-state index in [9.17, 15) is 4.79 Å². The van der Waals surface area contributed by atoms with Crippen LogP contribution in [0.15, 0.2) is 36.5 Å². The number of imidazole rings is 1. The first kappa shape index (κ1) is 14.3. The summed E-state index contributed by atoms with van der Waals surface area (Å²) in [6.07, 6.45) is 7.48. The van der Waals surface area contributed by atoms with E-state index in [1.165, 1.54) is 0 Å². The van der Waals surface area contributed by atoms with E-state index in [1.807, 2.05) is 18.2 Å². The minimum atomic E-state index is -0.188. The van der Waals surface area contributed by atoms with E-state index >= 15 is 0 Å². The molecule has 1 aliphatic heterocycles. The van der Waals surface area contributed by atoms with Crippen molar-refractivity contribution in [2.24, 2.45) is 5.73 Å². The second-order valence-electron chi connectivity index (χ2n) is 5.39. The number of nitrogens with zero attached hydrogens (tertiary/aromatic N) is 1. The van der Waals surface area contributed by atoms with Crippen LogP contribution in [-0.2, 0) is 4.79 Å². The Labute approximate surface area is 128 Å². The standard InChI is InChI=1S/C16H19N5O/c17-10-6-7-11-13(8-10)20-15(22)5-3-1-2-4-12(18)16-19-9-14(11)21-16/h1-2,6-9,12H,3-5,17-18H2,(H,19,21)(H,20,22)/b2-1-/t12-/m0/s1. The predicted octanol–water partition coefficient (Wildman–Crippen LogP) is 2.34. The van der Waals surface area contributed by atoms with Crippen LogP contribution in [0.4, 0.5) is 11.4 Å². The molecule has 22 heavy (non-hydrogen) atoms. The smallest absolute Gasteiger partial charge is 0.224 e. The zero-order chi connectivity index (χ0) is 15.5. The summed E-state index contributed by atoms with van der Waals surface area (Å²) in [6.45, 7) is 0. The number of nitrogen functional groups attached to an aromatic ring is 1. The van der Waals surface area contributed by atoms with Crippen LogP contribution >= 0.6 is 0 Å². The third kappa shape index (κ3) is 3.01. The number of anilines is 2. The van der Waals surface area contributed by atoms with Gasteiger partial charge in [0, 0.05) is 17.7 Å². The first-order chi connectivity index (χ1) is 10.6. The average Bonchev–Trinajstić information content (AvgIpc) is 2.96. The molecule has 0 saturated heterocycles. The van der Waals surface area contributed by atoms with Gasteiger partial charge in [-0.1, -0.05) is 12.2 Å². The van der Waals surface area contributed by atoms with Crippen LogP contribution in [0.1, 0.15) is 31.1 Å². The minimum Gasteiger partial charge on any atom is -0.399 e. The summed E-state index contributed by atoms with van der Waals surface area (Å²) >= 11 is 0. The molecular weight excluding hydrogens is 278 g/mol. The molecule has 6 N–H and O–H groups in total. The van der Waals surface area contributed by atoms with Gasteiger partial charge in [0.2, 0.25) is 5.91 Å². The van der Waals surface area contributed by atoms with Crippen molar-refractivity contribution in [2.75, 3.05) is 11.1 Å². The fourth-order valence-electron chi connectivity index (χ4n) is 2.46. The minimum absolute atomic E-state index is 0.0419. The van der Waals surface area contributed by atoms with Gasteiger partial charge < -0.3 is 21.8 Å². The molecule has 0 fully saturated rings. The molecule has 1 amide bonds. The summed E-state index contributed by atoms with van der Waals surface area (Å²) in [6, 6.07) is 5.23. The highest BCUT2D eigenvalue weighted by Crippen LogP contribution is 2.30. The van der Waals surface area contributed by atoms with Gasteiger partial charge in [0.25, 0.3) is 0 Å². The second kappa shape index (κ2) is 6.03. The number of hydrogen-bond acceptors (Lipinski definition) is 4. The quantitative estimate of drug-likeness (QED) is 0.442. The van der Waals surface area contributed by atoms with Gasteiger partial charge in [0.1, 0.15) is 5.82 Å². The van der Waals surface area contributed by atoms with Gasteiger partial charge in [-0.15, -0.1) is 0 Å². The van der Waals surface area contributed by atoms with Gasteiger partial charge in [0.15, 0.2) is 0 Å². The third-order valence-electron chi connectivity index (χ3n) is 3.65. The number of aromatic amines is 1. The Bertz CT molecular complexity index is 719. The number of nitrogens with two attached hydrogens (primary N) is 2. The first-order valence-electron chi connectivity index (χ1n) is 7.28. The topological polar surface area (TPSA) is 110 Å². The highest BCUT2D eigenvalue weighted by Gasteiger charge is 2.14. The summed E-state index contributed by atoms with van der Waals surface area (Å²) in [5.74, 6) is 0.688. The van der Waals surface area contributed by atoms with Gasteiger partial charge in [-0.25, -0.2) is 4.98 Å². The molecule has 2 aromatic rings. The lowest BCUT2D eigenvalue weighted by molar-refractivity contribution is -0.116. The van der Waals surface area contributed by atoms with Crippen LogP contribution < -0.4 is 16.8 Å². The van der Waals surface area contributed by atoms with Crippen molar-refractivity contribution in [1.29, 1.82) is 0 Å². The molecule has 6 nitrogen and oxygen atoms in total.